The zero-order valence-electron chi connectivity index (χ0n) is 13.4. The van der Waals surface area contributed by atoms with E-state index in [4.69, 9.17) is 14.2 Å². The maximum atomic E-state index is 12.2. The van der Waals surface area contributed by atoms with Gasteiger partial charge in [0.05, 0.1) is 26.4 Å². The Balaban J connectivity index is 2.18. The number of ether oxygens (including phenoxy) is 3. The van der Waals surface area contributed by atoms with E-state index >= 15 is 0 Å². The molecule has 0 fully saturated rings. The summed E-state index contributed by atoms with van der Waals surface area (Å²) < 4.78 is 15.0. The lowest BCUT2D eigenvalue weighted by Gasteiger charge is -2.13. The Labute approximate surface area is 139 Å². The minimum absolute atomic E-state index is 0.115. The molecule has 2 rings (SSSR count). The predicted molar refractivity (Wildman–Crippen MR) is 86.2 cm³/mol. The van der Waals surface area contributed by atoms with E-state index in [-0.39, 0.29) is 5.56 Å². The van der Waals surface area contributed by atoms with Crippen LogP contribution in [0, 0.1) is 0 Å². The van der Waals surface area contributed by atoms with Gasteiger partial charge in [-0.2, -0.15) is 0 Å². The zero-order chi connectivity index (χ0) is 17.5. The molecule has 0 aliphatic heterocycles. The molecule has 2 aromatic rings. The molecular formula is C18H18O6. The average Bonchev–Trinajstić information content (AvgIpc) is 2.62. The molecule has 1 N–H and O–H groups in total. The van der Waals surface area contributed by atoms with Gasteiger partial charge in [0.15, 0.2) is 0 Å². The first-order valence-electron chi connectivity index (χ1n) is 7.24. The summed E-state index contributed by atoms with van der Waals surface area (Å²) in [5.41, 5.74) is 0.685. The van der Waals surface area contributed by atoms with Crippen LogP contribution in [-0.4, -0.2) is 37.9 Å². The molecule has 126 valence electrons. The molecule has 0 aliphatic carbocycles. The van der Waals surface area contributed by atoms with Crippen molar-refractivity contribution in [2.45, 2.75) is 5.92 Å². The highest BCUT2D eigenvalue weighted by molar-refractivity contribution is 5.99. The number of rotatable bonds is 6. The molecule has 0 aromatic heterocycles. The lowest BCUT2D eigenvalue weighted by Crippen LogP contribution is -2.22. The fraction of sp³-hybridized carbons (Fsp3) is 0.222. The van der Waals surface area contributed by atoms with Crippen molar-refractivity contribution in [2.24, 2.45) is 0 Å². The molecule has 24 heavy (non-hydrogen) atoms. The maximum Gasteiger partial charge on any atom is 0.346 e. The average molecular weight is 330 g/mol. The first-order chi connectivity index (χ1) is 11.6. The van der Waals surface area contributed by atoms with Crippen LogP contribution in [0.25, 0.3) is 0 Å². The van der Waals surface area contributed by atoms with Crippen molar-refractivity contribution >= 4 is 11.9 Å². The second-order valence-corrected chi connectivity index (χ2v) is 4.96. The third-order valence-corrected chi connectivity index (χ3v) is 3.45. The van der Waals surface area contributed by atoms with E-state index in [1.165, 1.54) is 26.4 Å². The SMILES string of the molecule is COc1cc(OC)cc(C(=O)OC(=O)C(CO)c2ccccc2)c1. The molecule has 0 bridgehead atoms. The molecular weight excluding hydrogens is 312 g/mol. The van der Waals surface area contributed by atoms with E-state index in [9.17, 15) is 14.7 Å². The smallest absolute Gasteiger partial charge is 0.346 e. The van der Waals surface area contributed by atoms with E-state index < -0.39 is 24.5 Å². The van der Waals surface area contributed by atoms with Gasteiger partial charge in [0.25, 0.3) is 0 Å². The van der Waals surface area contributed by atoms with Crippen molar-refractivity contribution in [3.8, 4) is 11.5 Å². The Morgan fingerprint density at radius 3 is 2.08 bits per heavy atom. The van der Waals surface area contributed by atoms with Crippen molar-refractivity contribution in [3.63, 3.8) is 0 Å². The van der Waals surface area contributed by atoms with Crippen LogP contribution in [-0.2, 0) is 9.53 Å². The van der Waals surface area contributed by atoms with Crippen LogP contribution in [0.1, 0.15) is 21.8 Å². The summed E-state index contributed by atoms with van der Waals surface area (Å²) in [4.78, 5) is 24.4. The Hall–Kier alpha value is -2.86. The predicted octanol–water partition coefficient (Wildman–Crippen LogP) is 2.16. The van der Waals surface area contributed by atoms with Crippen molar-refractivity contribution in [1.82, 2.24) is 0 Å². The molecule has 0 saturated heterocycles. The van der Waals surface area contributed by atoms with Gasteiger partial charge in [0.1, 0.15) is 17.4 Å². The number of hydrogen-bond acceptors (Lipinski definition) is 6. The maximum absolute atomic E-state index is 12.2. The second kappa shape index (κ2) is 8.12. The number of benzene rings is 2. The summed E-state index contributed by atoms with van der Waals surface area (Å²) in [5, 5.41) is 9.45. The van der Waals surface area contributed by atoms with E-state index in [2.05, 4.69) is 0 Å². The van der Waals surface area contributed by atoms with Gasteiger partial charge < -0.3 is 19.3 Å². The monoisotopic (exact) mass is 330 g/mol. The minimum Gasteiger partial charge on any atom is -0.497 e. The molecule has 0 amide bonds. The summed E-state index contributed by atoms with van der Waals surface area (Å²) >= 11 is 0. The van der Waals surface area contributed by atoms with Crippen LogP contribution in [0.2, 0.25) is 0 Å². The largest absolute Gasteiger partial charge is 0.497 e. The van der Waals surface area contributed by atoms with Gasteiger partial charge in [-0.05, 0) is 17.7 Å². The van der Waals surface area contributed by atoms with Crippen molar-refractivity contribution in [3.05, 3.63) is 59.7 Å². The summed E-state index contributed by atoms with van der Waals surface area (Å²) in [6.07, 6.45) is 0. The van der Waals surface area contributed by atoms with Crippen molar-refractivity contribution in [1.29, 1.82) is 0 Å². The lowest BCUT2D eigenvalue weighted by atomic mass is 10.0. The quantitative estimate of drug-likeness (QED) is 0.646. The number of aliphatic hydroxyl groups excluding tert-OH is 1. The Morgan fingerprint density at radius 1 is 1.00 bits per heavy atom. The number of methoxy groups -OCH3 is 2. The molecule has 0 heterocycles. The molecule has 0 saturated carbocycles. The first-order valence-corrected chi connectivity index (χ1v) is 7.24. The number of hydrogen-bond donors (Lipinski definition) is 1. The Morgan fingerprint density at radius 2 is 1.58 bits per heavy atom. The van der Waals surface area contributed by atoms with E-state index in [1.807, 2.05) is 0 Å². The second-order valence-electron chi connectivity index (χ2n) is 4.96. The highest BCUT2D eigenvalue weighted by Gasteiger charge is 2.25. The van der Waals surface area contributed by atoms with E-state index in [0.717, 1.165) is 0 Å². The van der Waals surface area contributed by atoms with Crippen LogP contribution >= 0.6 is 0 Å². The summed E-state index contributed by atoms with van der Waals surface area (Å²) in [5.74, 6) is -1.80. The number of esters is 2. The van der Waals surface area contributed by atoms with Gasteiger partial charge in [-0.3, -0.25) is 4.79 Å². The number of carbonyl (C=O) groups is 2. The van der Waals surface area contributed by atoms with Crippen LogP contribution in [0.15, 0.2) is 48.5 Å². The fourth-order valence-electron chi connectivity index (χ4n) is 2.15. The molecule has 1 unspecified atom stereocenters. The van der Waals surface area contributed by atoms with Crippen LogP contribution < -0.4 is 9.47 Å². The van der Waals surface area contributed by atoms with Gasteiger partial charge in [-0.25, -0.2) is 4.79 Å². The molecule has 0 aliphatic rings. The van der Waals surface area contributed by atoms with E-state index in [1.54, 1.807) is 36.4 Å². The third kappa shape index (κ3) is 4.11. The molecule has 0 spiro atoms. The summed E-state index contributed by atoms with van der Waals surface area (Å²) in [6, 6.07) is 13.1. The topological polar surface area (TPSA) is 82.1 Å². The standard InChI is InChI=1S/C18H18O6/c1-22-14-8-13(9-15(10-14)23-2)17(20)24-18(21)16(11-19)12-6-4-3-5-7-12/h3-10,16,19H,11H2,1-2H3. The number of aliphatic hydroxyl groups is 1. The van der Waals surface area contributed by atoms with Crippen LogP contribution in [0.3, 0.4) is 0 Å². The highest BCUT2D eigenvalue weighted by Crippen LogP contribution is 2.24. The van der Waals surface area contributed by atoms with Crippen LogP contribution in [0.4, 0.5) is 0 Å². The Bertz CT molecular complexity index is 688. The number of carbonyl (C=O) groups excluding carboxylic acids is 2. The minimum atomic E-state index is -0.928. The fourth-order valence-corrected chi connectivity index (χ4v) is 2.15. The van der Waals surface area contributed by atoms with Crippen molar-refractivity contribution in [2.75, 3.05) is 20.8 Å². The molecule has 0 radical (unpaired) electrons. The molecule has 1 atom stereocenters. The molecule has 6 heteroatoms. The Kier molecular flexibility index (Phi) is 5.92. The lowest BCUT2D eigenvalue weighted by molar-refractivity contribution is -0.140. The molecule has 2 aromatic carbocycles. The van der Waals surface area contributed by atoms with E-state index in [0.29, 0.717) is 17.1 Å². The van der Waals surface area contributed by atoms with Gasteiger partial charge in [-0.15, -0.1) is 0 Å². The third-order valence-electron chi connectivity index (χ3n) is 3.45. The van der Waals surface area contributed by atoms with Gasteiger partial charge in [0.2, 0.25) is 0 Å². The zero-order valence-corrected chi connectivity index (χ0v) is 13.4. The normalized spacial score (nSPS) is 11.5. The van der Waals surface area contributed by atoms with Gasteiger partial charge in [0, 0.05) is 6.07 Å². The van der Waals surface area contributed by atoms with Gasteiger partial charge in [-0.1, -0.05) is 30.3 Å². The van der Waals surface area contributed by atoms with Crippen molar-refractivity contribution < 1.29 is 28.9 Å². The summed E-state index contributed by atoms with van der Waals surface area (Å²) in [7, 11) is 2.90. The highest BCUT2D eigenvalue weighted by atomic mass is 16.6. The summed E-state index contributed by atoms with van der Waals surface area (Å²) in [6.45, 7) is -0.461. The van der Waals surface area contributed by atoms with Crippen LogP contribution in [0.5, 0.6) is 11.5 Å². The van der Waals surface area contributed by atoms with Gasteiger partial charge >= 0.3 is 11.9 Å². The first kappa shape index (κ1) is 17.5. The molecule has 6 nitrogen and oxygen atoms in total.